The molecular formula is C3H4N4O3S2. The van der Waals surface area contributed by atoms with Gasteiger partial charge in [-0.1, -0.05) is 11.3 Å². The van der Waals surface area contributed by atoms with E-state index in [1.807, 2.05) is 0 Å². The van der Waals surface area contributed by atoms with Gasteiger partial charge in [-0.2, -0.15) is 0 Å². The molecule has 7 nitrogen and oxygen atoms in total. The van der Waals surface area contributed by atoms with Crippen molar-refractivity contribution in [3.05, 3.63) is 0 Å². The molecule has 0 saturated heterocycles. The number of anilines is 1. The quantitative estimate of drug-likeness (QED) is 0.451. The molecule has 0 aliphatic rings. The fourth-order valence-electron chi connectivity index (χ4n) is 0.436. The van der Waals surface area contributed by atoms with E-state index in [0.29, 0.717) is 0 Å². The molecule has 0 spiro atoms. The summed E-state index contributed by atoms with van der Waals surface area (Å²) in [6.07, 6.45) is 0. The van der Waals surface area contributed by atoms with Crippen LogP contribution >= 0.6 is 11.3 Å². The molecule has 2 amide bonds. The van der Waals surface area contributed by atoms with Crippen molar-refractivity contribution in [2.24, 2.45) is 5.73 Å². The summed E-state index contributed by atoms with van der Waals surface area (Å²) < 4.78 is 18.8. The van der Waals surface area contributed by atoms with Crippen LogP contribution in [0.1, 0.15) is 0 Å². The third-order valence-electron chi connectivity index (χ3n) is 0.786. The van der Waals surface area contributed by atoms with Crippen molar-refractivity contribution in [3.63, 3.8) is 0 Å². The zero-order valence-electron chi connectivity index (χ0n) is 5.55. The monoisotopic (exact) mass is 208 g/mol. The molecule has 66 valence electrons. The highest BCUT2D eigenvalue weighted by Crippen LogP contribution is 2.16. The number of carbonyl (C=O) groups is 1. The molecule has 4 N–H and O–H groups in total. The first-order valence-electron chi connectivity index (χ1n) is 2.60. The third kappa shape index (κ3) is 2.22. The third-order valence-corrected chi connectivity index (χ3v) is 2.48. The van der Waals surface area contributed by atoms with Crippen LogP contribution in [0.5, 0.6) is 0 Å². The van der Waals surface area contributed by atoms with Gasteiger partial charge in [0.1, 0.15) is 0 Å². The van der Waals surface area contributed by atoms with Crippen molar-refractivity contribution in [3.8, 4) is 0 Å². The molecule has 0 saturated carbocycles. The number of hydrogen-bond donors (Lipinski definition) is 3. The van der Waals surface area contributed by atoms with E-state index in [0.717, 1.165) is 11.3 Å². The van der Waals surface area contributed by atoms with Gasteiger partial charge in [0.25, 0.3) is 0 Å². The molecule has 9 heteroatoms. The van der Waals surface area contributed by atoms with Gasteiger partial charge in [-0.15, -0.1) is 10.2 Å². The van der Waals surface area contributed by atoms with E-state index < -0.39 is 17.1 Å². The number of amides is 2. The summed E-state index contributed by atoms with van der Waals surface area (Å²) in [6, 6.07) is -0.790. The Morgan fingerprint density at radius 1 is 1.67 bits per heavy atom. The van der Waals surface area contributed by atoms with Crippen molar-refractivity contribution in [1.29, 1.82) is 0 Å². The molecule has 0 aliphatic carbocycles. The molecular weight excluding hydrogens is 204 g/mol. The van der Waals surface area contributed by atoms with E-state index in [9.17, 15) is 9.00 Å². The first-order chi connectivity index (χ1) is 5.59. The van der Waals surface area contributed by atoms with Crippen LogP contribution in [0.3, 0.4) is 0 Å². The predicted octanol–water partition coefficient (Wildman–Crippen LogP) is -0.391. The first-order valence-corrected chi connectivity index (χ1v) is 4.52. The molecule has 1 heterocycles. The van der Waals surface area contributed by atoms with Crippen LogP contribution in [-0.4, -0.2) is 25.0 Å². The first kappa shape index (κ1) is 9.03. The summed E-state index contributed by atoms with van der Waals surface area (Å²) in [6.45, 7) is 0. The Bertz CT molecular complexity index is 323. The van der Waals surface area contributed by atoms with Crippen LogP contribution in [-0.2, 0) is 11.1 Å². The van der Waals surface area contributed by atoms with Crippen LogP contribution in [0, 0.1) is 0 Å². The summed E-state index contributed by atoms with van der Waals surface area (Å²) in [5.41, 5.74) is 4.76. The molecule has 1 aromatic rings. The van der Waals surface area contributed by atoms with E-state index in [1.165, 1.54) is 0 Å². The number of rotatable bonds is 2. The highest BCUT2D eigenvalue weighted by molar-refractivity contribution is 7.81. The Kier molecular flexibility index (Phi) is 2.68. The van der Waals surface area contributed by atoms with Crippen LogP contribution in [0.15, 0.2) is 4.34 Å². The van der Waals surface area contributed by atoms with Crippen LogP contribution < -0.4 is 11.1 Å². The SMILES string of the molecule is NC(=O)Nc1nnc(S(=O)O)s1. The molecule has 0 bridgehead atoms. The molecule has 1 rings (SSSR count). The number of aromatic nitrogens is 2. The number of nitrogens with zero attached hydrogens (tertiary/aromatic N) is 2. The van der Waals surface area contributed by atoms with Crippen molar-refractivity contribution >= 4 is 33.6 Å². The van der Waals surface area contributed by atoms with E-state index in [-0.39, 0.29) is 9.47 Å². The molecule has 0 radical (unpaired) electrons. The molecule has 12 heavy (non-hydrogen) atoms. The number of carbonyl (C=O) groups excluding carboxylic acids is 1. The smallest absolute Gasteiger partial charge is 0.318 e. The standard InChI is InChI=1S/C3H4N4O3S2/c4-1(8)5-2-6-7-3(11-2)12(9)10/h(H,9,10)(H3,4,5,6,8). The van der Waals surface area contributed by atoms with E-state index in [2.05, 4.69) is 15.5 Å². The average molecular weight is 208 g/mol. The zero-order valence-corrected chi connectivity index (χ0v) is 7.18. The number of urea groups is 1. The maximum absolute atomic E-state index is 10.4. The van der Waals surface area contributed by atoms with Crippen LogP contribution in [0.2, 0.25) is 0 Å². The molecule has 0 fully saturated rings. The number of hydrogen-bond acceptors (Lipinski definition) is 5. The lowest BCUT2D eigenvalue weighted by Crippen LogP contribution is -2.18. The minimum absolute atomic E-state index is 0.0845. The number of nitrogens with one attached hydrogen (secondary N) is 1. The van der Waals surface area contributed by atoms with Crippen LogP contribution in [0.4, 0.5) is 9.93 Å². The van der Waals surface area contributed by atoms with Gasteiger partial charge in [0.05, 0.1) is 0 Å². The van der Waals surface area contributed by atoms with Gasteiger partial charge in [-0.3, -0.25) is 5.32 Å². The lowest BCUT2D eigenvalue weighted by Gasteiger charge is -1.89. The second kappa shape index (κ2) is 3.56. The van der Waals surface area contributed by atoms with Gasteiger partial charge in [-0.25, -0.2) is 9.00 Å². The summed E-state index contributed by atoms with van der Waals surface area (Å²) in [5.74, 6) is 0. The molecule has 0 aliphatic heterocycles. The minimum atomic E-state index is -2.17. The normalized spacial score (nSPS) is 12.4. The van der Waals surface area contributed by atoms with Crippen molar-refractivity contribution in [2.45, 2.75) is 4.34 Å². The Balaban J connectivity index is 2.77. The predicted molar refractivity (Wildman–Crippen MR) is 42.2 cm³/mol. The van der Waals surface area contributed by atoms with Gasteiger partial charge in [-0.05, 0) is 0 Å². The average Bonchev–Trinajstić information content (AvgIpc) is 2.34. The van der Waals surface area contributed by atoms with Crippen molar-refractivity contribution in [2.75, 3.05) is 5.32 Å². The van der Waals surface area contributed by atoms with Gasteiger partial charge >= 0.3 is 6.03 Å². The van der Waals surface area contributed by atoms with Crippen molar-refractivity contribution < 1.29 is 13.6 Å². The number of nitrogens with two attached hydrogens (primary N) is 1. The Morgan fingerprint density at radius 3 is 2.75 bits per heavy atom. The van der Waals surface area contributed by atoms with E-state index in [4.69, 9.17) is 10.3 Å². The Morgan fingerprint density at radius 2 is 2.33 bits per heavy atom. The topological polar surface area (TPSA) is 118 Å². The summed E-state index contributed by atoms with van der Waals surface area (Å²) in [5, 5.41) is 8.91. The van der Waals surface area contributed by atoms with Gasteiger partial charge < -0.3 is 10.3 Å². The molecule has 1 atom stereocenters. The summed E-state index contributed by atoms with van der Waals surface area (Å²) in [7, 11) is 0. The molecule has 1 aromatic heterocycles. The largest absolute Gasteiger partial charge is 0.351 e. The lowest BCUT2D eigenvalue weighted by atomic mass is 11.0. The molecule has 1 unspecified atom stereocenters. The summed E-state index contributed by atoms with van der Waals surface area (Å²) >= 11 is -1.39. The van der Waals surface area contributed by atoms with Crippen LogP contribution in [0.25, 0.3) is 0 Å². The maximum Gasteiger partial charge on any atom is 0.318 e. The van der Waals surface area contributed by atoms with Gasteiger partial charge in [0.15, 0.2) is 0 Å². The fourth-order valence-corrected chi connectivity index (χ4v) is 1.55. The van der Waals surface area contributed by atoms with Gasteiger partial charge in [0.2, 0.25) is 20.6 Å². The lowest BCUT2D eigenvalue weighted by molar-refractivity contribution is 0.259. The number of primary amides is 1. The highest BCUT2D eigenvalue weighted by Gasteiger charge is 2.09. The van der Waals surface area contributed by atoms with Gasteiger partial charge in [0, 0.05) is 0 Å². The van der Waals surface area contributed by atoms with Crippen molar-refractivity contribution in [1.82, 2.24) is 10.2 Å². The Labute approximate surface area is 73.3 Å². The second-order valence-corrected chi connectivity index (χ2v) is 3.73. The highest BCUT2D eigenvalue weighted by atomic mass is 32.2. The van der Waals surface area contributed by atoms with E-state index >= 15 is 0 Å². The Hall–Kier alpha value is -1.06. The zero-order chi connectivity index (χ0) is 9.14. The summed E-state index contributed by atoms with van der Waals surface area (Å²) in [4.78, 5) is 10.3. The second-order valence-electron chi connectivity index (χ2n) is 1.61. The fraction of sp³-hybridized carbons (Fsp3) is 0. The van der Waals surface area contributed by atoms with E-state index in [1.54, 1.807) is 0 Å². The molecule has 0 aromatic carbocycles. The maximum atomic E-state index is 10.4. The minimum Gasteiger partial charge on any atom is -0.351 e.